The lowest BCUT2D eigenvalue weighted by molar-refractivity contribution is -0.991. The Labute approximate surface area is 542 Å². The van der Waals surface area contributed by atoms with Gasteiger partial charge < -0.3 is 19.0 Å². The van der Waals surface area contributed by atoms with E-state index >= 15 is 0 Å². The number of ketones is 1. The number of rotatable bonds is 16. The van der Waals surface area contributed by atoms with Crippen LogP contribution in [0.2, 0.25) is 0 Å². The number of carbonyl (C=O) groups excluding carboxylic acids is 1. The number of quaternary nitrogens is 3. The Morgan fingerprint density at radius 1 is 0.562 bits per heavy atom. The highest BCUT2D eigenvalue weighted by molar-refractivity contribution is 14.1. The molecule has 0 spiro atoms. The molecule has 89 heavy (non-hydrogen) atoms. The summed E-state index contributed by atoms with van der Waals surface area (Å²) >= 11 is 2.33. The Bertz CT molecular complexity index is 2990. The van der Waals surface area contributed by atoms with Crippen LogP contribution in [-0.2, 0) is 48.3 Å². The van der Waals surface area contributed by atoms with Crippen molar-refractivity contribution >= 4 is 43.9 Å². The molecule has 1 aliphatic carbocycles. The van der Waals surface area contributed by atoms with Crippen LogP contribution in [0, 0.1) is 3.57 Å². The molecule has 0 saturated carbocycles. The fourth-order valence-corrected chi connectivity index (χ4v) is 18.8. The van der Waals surface area contributed by atoms with Crippen LogP contribution in [0.5, 0.6) is 0 Å². The van der Waals surface area contributed by atoms with Crippen LogP contribution in [-0.4, -0.2) is 323 Å². The molecule has 0 radical (unpaired) electrons. The summed E-state index contributed by atoms with van der Waals surface area (Å²) in [6.07, 6.45) is 10.9. The number of hydrogen-bond acceptors (Lipinski definition) is 21. The number of Topliss-reactive ketones (excluding diaryl/α,β-unsaturated/α-hetero) is 1. The van der Waals surface area contributed by atoms with E-state index < -0.39 is 9.84 Å². The third kappa shape index (κ3) is 14.4. The second kappa shape index (κ2) is 27.2. The molecule has 15 fully saturated rings. The third-order valence-corrected chi connectivity index (χ3v) is 22.4. The molecule has 15 heterocycles. The molecular weight excluding hydrogens is 1270 g/mol. The molecule has 24 nitrogen and oxygen atoms in total. The number of benzene rings is 3. The van der Waals surface area contributed by atoms with Crippen LogP contribution >= 0.6 is 22.6 Å². The Kier molecular flexibility index (Phi) is 19.7. The van der Waals surface area contributed by atoms with Crippen LogP contribution in [0.1, 0.15) is 71.6 Å². The van der Waals surface area contributed by atoms with E-state index in [1.54, 1.807) is 40.6 Å². The smallest absolute Gasteiger partial charge is 0.217 e. The summed E-state index contributed by atoms with van der Waals surface area (Å²) in [6.45, 7) is 28.7. The first-order valence-corrected chi connectivity index (χ1v) is 35.3. The molecule has 3 aromatic rings. The summed E-state index contributed by atoms with van der Waals surface area (Å²) in [5.74, 6) is 0.323. The summed E-state index contributed by atoms with van der Waals surface area (Å²) in [5, 5.41) is 4.34. The highest BCUT2D eigenvalue weighted by Crippen LogP contribution is 2.39. The first-order chi connectivity index (χ1) is 43.0. The quantitative estimate of drug-likeness (QED) is 0.0682. The lowest BCUT2D eigenvalue weighted by Gasteiger charge is -2.62. The number of halogens is 1. The number of methoxy groups -OCH3 is 3. The number of carbonyl (C=O) groups is 1. The van der Waals surface area contributed by atoms with E-state index in [4.69, 9.17) is 19.0 Å². The maximum atomic E-state index is 12.9. The van der Waals surface area contributed by atoms with E-state index in [1.165, 1.54) is 45.8 Å². The van der Waals surface area contributed by atoms with Crippen molar-refractivity contribution in [2.75, 3.05) is 201 Å². The van der Waals surface area contributed by atoms with Gasteiger partial charge >= 0.3 is 0 Å². The number of fused-ring (bicyclic) bond motifs is 1. The van der Waals surface area contributed by atoms with Gasteiger partial charge in [-0.2, -0.15) is 0 Å². The Hall–Kier alpha value is -3.28. The van der Waals surface area contributed by atoms with Gasteiger partial charge in [0.2, 0.25) is 5.78 Å². The second-order valence-corrected chi connectivity index (χ2v) is 31.5. The van der Waals surface area contributed by atoms with E-state index in [2.05, 4.69) is 141 Å². The van der Waals surface area contributed by atoms with Crippen molar-refractivity contribution in [2.45, 2.75) is 87.8 Å². The molecule has 26 heteroatoms. The molecule has 0 amide bonds. The molecule has 16 aliphatic rings. The topological polar surface area (TPSA) is 143 Å². The van der Waals surface area contributed by atoms with Crippen molar-refractivity contribution in [2.24, 2.45) is 5.16 Å². The predicted molar refractivity (Wildman–Crippen MR) is 345 cm³/mol. The van der Waals surface area contributed by atoms with Crippen molar-refractivity contribution in [3.63, 3.8) is 0 Å². The number of aryl methyl sites for hydroxylation is 2. The molecule has 4 unspecified atom stereocenters. The SMILES string of the molecule is CO/N=C(/C[N+]12CN3CN(CN(C3)C1)C2)c1ccc(I)cc1.COCN1CCC2N(COC)C(C)CC3N(COC)CCC1N32.CS(=O)(=O)c1ccc(C[N+]23CN4CN(CN(C4)C2)C3)cc1.O=C(C[N+]12CN3CN(CN(C3)C1)C2)c1ccc2c(c1)CCCC2. The van der Waals surface area contributed by atoms with Crippen LogP contribution in [0.4, 0.5) is 0 Å². The van der Waals surface area contributed by atoms with Gasteiger partial charge in [0.15, 0.2) is 9.84 Å². The largest absolute Gasteiger partial charge is 0.399 e. The zero-order chi connectivity index (χ0) is 61.7. The molecule has 0 N–H and O–H groups in total. The molecule has 15 saturated heterocycles. The molecular formula is C63H99IN17O7S+3. The van der Waals surface area contributed by atoms with Gasteiger partial charge in [-0.25, -0.2) is 52.5 Å². The summed E-state index contributed by atoms with van der Waals surface area (Å²) in [7, 11) is 3.91. The minimum atomic E-state index is -3.10. The molecule has 15 aliphatic heterocycles. The third-order valence-electron chi connectivity index (χ3n) is 20.6. The van der Waals surface area contributed by atoms with Gasteiger partial charge in [0.25, 0.3) is 0 Å². The molecule has 4 atom stereocenters. The van der Waals surface area contributed by atoms with Crippen LogP contribution in [0.3, 0.4) is 0 Å². The van der Waals surface area contributed by atoms with Gasteiger partial charge in [-0.3, -0.25) is 37.8 Å². The van der Waals surface area contributed by atoms with Crippen molar-refractivity contribution in [1.82, 2.24) is 63.7 Å². The summed E-state index contributed by atoms with van der Waals surface area (Å²) in [5.41, 5.74) is 7.23. The van der Waals surface area contributed by atoms with Crippen LogP contribution in [0.15, 0.2) is 76.8 Å². The average molecular weight is 1370 g/mol. The normalized spacial score (nSPS) is 37.3. The molecule has 19 rings (SSSR count). The minimum Gasteiger partial charge on any atom is -0.399 e. The fourth-order valence-electron chi connectivity index (χ4n) is 17.9. The Morgan fingerprint density at radius 3 is 1.52 bits per heavy atom. The molecule has 12 bridgehead atoms. The minimum absolute atomic E-state index is 0.323. The highest BCUT2D eigenvalue weighted by atomic mass is 127. The highest BCUT2D eigenvalue weighted by Gasteiger charge is 2.53. The molecule has 3 aromatic carbocycles. The predicted octanol–water partition coefficient (Wildman–Crippen LogP) is 3.09. The van der Waals surface area contributed by atoms with Gasteiger partial charge in [0.1, 0.15) is 99.2 Å². The van der Waals surface area contributed by atoms with Crippen LogP contribution in [0.25, 0.3) is 0 Å². The van der Waals surface area contributed by atoms with Crippen LogP contribution < -0.4 is 0 Å². The lowest BCUT2D eigenvalue weighted by Crippen LogP contribution is -2.79. The van der Waals surface area contributed by atoms with Crippen molar-refractivity contribution in [3.8, 4) is 0 Å². The number of nitrogens with zero attached hydrogens (tertiary/aromatic N) is 17. The summed E-state index contributed by atoms with van der Waals surface area (Å²) < 4.78 is 43.7. The van der Waals surface area contributed by atoms with Gasteiger partial charge in [-0.05, 0) is 116 Å². The van der Waals surface area contributed by atoms with Crippen molar-refractivity contribution in [1.29, 1.82) is 0 Å². The van der Waals surface area contributed by atoms with E-state index in [-0.39, 0.29) is 0 Å². The van der Waals surface area contributed by atoms with Gasteiger partial charge in [-0.15, -0.1) is 0 Å². The lowest BCUT2D eigenvalue weighted by atomic mass is 9.89. The van der Waals surface area contributed by atoms with Gasteiger partial charge in [0, 0.05) is 67.0 Å². The number of oxime groups is 1. The van der Waals surface area contributed by atoms with Crippen molar-refractivity contribution in [3.05, 3.63) is 98.1 Å². The summed E-state index contributed by atoms with van der Waals surface area (Å²) in [4.78, 5) is 51.1. The summed E-state index contributed by atoms with van der Waals surface area (Å²) in [6, 6.07) is 22.9. The first kappa shape index (κ1) is 64.4. The zero-order valence-electron chi connectivity index (χ0n) is 53.7. The number of hydrogen-bond donors (Lipinski definition) is 0. The van der Waals surface area contributed by atoms with E-state index in [9.17, 15) is 13.2 Å². The molecule has 0 aromatic heterocycles. The number of sulfone groups is 1. The average Bonchev–Trinajstić information content (AvgIpc) is 1.05. The van der Waals surface area contributed by atoms with E-state index in [0.717, 1.165) is 202 Å². The first-order valence-electron chi connectivity index (χ1n) is 32.3. The maximum absolute atomic E-state index is 12.9. The van der Waals surface area contributed by atoms with E-state index in [0.29, 0.717) is 62.0 Å². The van der Waals surface area contributed by atoms with E-state index in [1.807, 2.05) is 12.1 Å². The number of ether oxygens (including phenoxy) is 3. The molecule has 488 valence electrons. The van der Waals surface area contributed by atoms with Gasteiger partial charge in [0.05, 0.1) is 96.9 Å². The van der Waals surface area contributed by atoms with Gasteiger partial charge in [-0.1, -0.05) is 41.6 Å². The van der Waals surface area contributed by atoms with Crippen molar-refractivity contribution < 1.29 is 45.7 Å². The second-order valence-electron chi connectivity index (χ2n) is 28.3. The zero-order valence-corrected chi connectivity index (χ0v) is 56.7. The maximum Gasteiger partial charge on any atom is 0.217 e. The standard InChI is InChI=1S/C18H25N4O.C16H32N4O3.C15H21IN5O.C14H21N4O2S/c23-18(17-6-5-15-3-1-2-4-16(15)7-17)8-22-12-19-9-20(13-22)11-21(10-19)14-22;1-13-9-16-18(11-22-3)7-5-14-17(10-21-2)8-6-15(20(14)16)19(13)12-23-4;1-22-17-15(13-2-4-14(16)5-3-13)6-21-10-18-7-19(11-21)9-20(8-18)12-21;1-21(19,20)14-4-2-13(3-5-14)6-18-10-15-7-16(11-18)9-17(8-15)12-18/h5-7H,1-4,8-14H2;13-16H,5-12H2,1-4H3;2-5H,6-12H2,1H3;2-5H,6-12H2,1H3/q+1;;2*+1/b;;17-15-;. The Morgan fingerprint density at radius 2 is 1.02 bits per heavy atom. The Balaban J connectivity index is 0.000000109. The monoisotopic (exact) mass is 1360 g/mol. The fraction of sp³-hybridized carbons (Fsp3) is 0.683.